The van der Waals surface area contributed by atoms with Crippen molar-refractivity contribution in [3.63, 3.8) is 0 Å². The average Bonchev–Trinajstić information content (AvgIpc) is 2.64. The maximum absolute atomic E-state index is 6.17. The summed E-state index contributed by atoms with van der Waals surface area (Å²) >= 11 is 29.9. The molecular weight excluding hydrogens is 492 g/mol. The van der Waals surface area contributed by atoms with Crippen LogP contribution in [0.15, 0.2) is 41.8 Å². The van der Waals surface area contributed by atoms with E-state index >= 15 is 0 Å². The molecule has 150 valence electrons. The Kier molecular flexibility index (Phi) is 7.70. The van der Waals surface area contributed by atoms with Crippen LogP contribution in [0, 0.1) is 0 Å². The topological polar surface area (TPSA) is 64.2 Å². The molecule has 2 N–H and O–H groups in total. The SMILES string of the molecule is ClCCO[s+]1cc(Oc2ccc(Cl)cc2Cl)[nH]n(Oc2ccc(Cl)cc2Cl)[nH]1. The molecule has 2 aromatic carbocycles. The number of halogens is 5. The van der Waals surface area contributed by atoms with Crippen LogP contribution in [0.5, 0.6) is 17.4 Å². The number of hydrogen-bond donors (Lipinski definition) is 2. The van der Waals surface area contributed by atoms with Gasteiger partial charge in [-0.15, -0.1) is 15.8 Å². The fourth-order valence-corrected chi connectivity index (χ4v) is 3.99. The molecule has 0 saturated heterocycles. The minimum Gasteiger partial charge on any atom is -0.434 e. The normalized spacial score (nSPS) is 11.4. The highest BCUT2D eigenvalue weighted by Crippen LogP contribution is 2.32. The molecule has 3 rings (SSSR count). The Bertz CT molecular complexity index is 924. The molecule has 3 aromatic rings. The fourth-order valence-electron chi connectivity index (χ4n) is 1.95. The first kappa shape index (κ1) is 21.5. The van der Waals surface area contributed by atoms with Gasteiger partial charge in [0.15, 0.2) is 5.75 Å². The van der Waals surface area contributed by atoms with Crippen LogP contribution in [-0.4, -0.2) is 27.0 Å². The van der Waals surface area contributed by atoms with Crippen molar-refractivity contribution in [2.45, 2.75) is 0 Å². The molecule has 0 saturated carbocycles. The molecule has 28 heavy (non-hydrogen) atoms. The number of aromatic amines is 2. The summed E-state index contributed by atoms with van der Waals surface area (Å²) in [5.41, 5.74) is 0. The molecule has 0 radical (unpaired) electrons. The molecule has 0 aliphatic heterocycles. The van der Waals surface area contributed by atoms with Gasteiger partial charge in [-0.1, -0.05) is 46.4 Å². The van der Waals surface area contributed by atoms with E-state index in [4.69, 9.17) is 71.8 Å². The van der Waals surface area contributed by atoms with Crippen molar-refractivity contribution in [3.05, 3.63) is 61.9 Å². The molecule has 1 heterocycles. The summed E-state index contributed by atoms with van der Waals surface area (Å²) in [6.07, 6.45) is 0. The van der Waals surface area contributed by atoms with E-state index in [0.717, 1.165) is 0 Å². The predicted molar refractivity (Wildman–Crippen MR) is 114 cm³/mol. The highest BCUT2D eigenvalue weighted by atomic mass is 35.5. The zero-order valence-electron chi connectivity index (χ0n) is 13.9. The first-order valence-electron chi connectivity index (χ1n) is 7.68. The van der Waals surface area contributed by atoms with Crippen LogP contribution < -0.4 is 13.8 Å². The van der Waals surface area contributed by atoms with Crippen molar-refractivity contribution < 1.29 is 13.8 Å². The molecule has 1 atom stereocenters. The van der Waals surface area contributed by atoms with Gasteiger partial charge in [-0.2, -0.15) is 0 Å². The average molecular weight is 505 g/mol. The number of aromatic nitrogens is 3. The van der Waals surface area contributed by atoms with Crippen LogP contribution in [0.4, 0.5) is 0 Å². The molecule has 0 aliphatic carbocycles. The third kappa shape index (κ3) is 5.90. The van der Waals surface area contributed by atoms with Crippen molar-refractivity contribution in [1.82, 2.24) is 14.5 Å². The molecule has 1 unspecified atom stereocenters. The molecule has 0 aliphatic rings. The first-order chi connectivity index (χ1) is 13.4. The van der Waals surface area contributed by atoms with Gasteiger partial charge in [0.2, 0.25) is 0 Å². The maximum atomic E-state index is 6.17. The van der Waals surface area contributed by atoms with E-state index in [1.807, 2.05) is 0 Å². The molecule has 0 fully saturated rings. The van der Waals surface area contributed by atoms with Crippen LogP contribution in [0.3, 0.4) is 0 Å². The Labute approximate surface area is 188 Å². The summed E-state index contributed by atoms with van der Waals surface area (Å²) in [4.78, 5) is 6.91. The molecule has 6 nitrogen and oxygen atoms in total. The van der Waals surface area contributed by atoms with E-state index in [1.165, 1.54) is 4.96 Å². The maximum Gasteiger partial charge on any atom is 0.275 e. The lowest BCUT2D eigenvalue weighted by Crippen LogP contribution is -2.16. The number of ether oxygens (including phenoxy) is 1. The van der Waals surface area contributed by atoms with Crippen molar-refractivity contribution in [2.75, 3.05) is 12.5 Å². The zero-order valence-corrected chi connectivity index (χ0v) is 18.5. The largest absolute Gasteiger partial charge is 0.434 e. The van der Waals surface area contributed by atoms with E-state index in [2.05, 4.69) is 9.59 Å². The molecule has 0 spiro atoms. The lowest BCUT2D eigenvalue weighted by atomic mass is 10.3. The van der Waals surface area contributed by atoms with Gasteiger partial charge in [-0.25, -0.2) is 5.10 Å². The van der Waals surface area contributed by atoms with E-state index in [-0.39, 0.29) is 0 Å². The van der Waals surface area contributed by atoms with E-state index in [0.29, 0.717) is 50.0 Å². The molecular formula is C16H13Cl5N3O3S+. The Morgan fingerprint density at radius 3 is 2.18 bits per heavy atom. The minimum atomic E-state index is -0.895. The van der Waals surface area contributed by atoms with Gasteiger partial charge in [0.05, 0.1) is 15.9 Å². The smallest absolute Gasteiger partial charge is 0.275 e. The van der Waals surface area contributed by atoms with Crippen molar-refractivity contribution >= 4 is 69.0 Å². The Balaban J connectivity index is 1.91. The number of nitrogens with zero attached hydrogens (tertiary/aromatic N) is 1. The van der Waals surface area contributed by atoms with Gasteiger partial charge in [-0.3, -0.25) is 0 Å². The summed E-state index contributed by atoms with van der Waals surface area (Å²) in [5.74, 6) is 1.40. The second-order valence-electron chi connectivity index (χ2n) is 5.13. The second-order valence-corrected chi connectivity index (χ2v) is 8.44. The highest BCUT2D eigenvalue weighted by Gasteiger charge is 2.15. The molecule has 0 bridgehead atoms. The zero-order chi connectivity index (χ0) is 20.1. The third-order valence-electron chi connectivity index (χ3n) is 3.08. The van der Waals surface area contributed by atoms with Gasteiger partial charge in [0.25, 0.3) is 22.2 Å². The van der Waals surface area contributed by atoms with Gasteiger partial charge in [0, 0.05) is 15.0 Å². The van der Waals surface area contributed by atoms with Crippen molar-refractivity contribution in [1.29, 1.82) is 0 Å². The van der Waals surface area contributed by atoms with Gasteiger partial charge in [-0.05, 0) is 40.9 Å². The number of nitrogens with one attached hydrogen (secondary N) is 2. The number of benzene rings is 2. The Hall–Kier alpha value is -1.19. The van der Waals surface area contributed by atoms with E-state index in [9.17, 15) is 0 Å². The van der Waals surface area contributed by atoms with Gasteiger partial charge < -0.3 is 9.57 Å². The summed E-state index contributed by atoms with van der Waals surface area (Å²) in [7, 11) is -0.895. The Morgan fingerprint density at radius 1 is 0.929 bits per heavy atom. The van der Waals surface area contributed by atoms with Gasteiger partial charge in [0.1, 0.15) is 12.4 Å². The second kappa shape index (κ2) is 10.0. The lowest BCUT2D eigenvalue weighted by molar-refractivity contribution is 0.132. The van der Waals surface area contributed by atoms with Crippen molar-refractivity contribution in [2.24, 2.45) is 0 Å². The third-order valence-corrected chi connectivity index (χ3v) is 5.49. The number of alkyl halides is 1. The summed E-state index contributed by atoms with van der Waals surface area (Å²) in [5, 5.41) is 6.24. The summed E-state index contributed by atoms with van der Waals surface area (Å²) in [6.45, 7) is 0.318. The minimum absolute atomic E-state index is 0.311. The van der Waals surface area contributed by atoms with E-state index in [1.54, 1.807) is 41.8 Å². The quantitative estimate of drug-likeness (QED) is 0.271. The Morgan fingerprint density at radius 2 is 1.57 bits per heavy atom. The fraction of sp³-hybridized carbons (Fsp3) is 0.125. The first-order valence-corrected chi connectivity index (χ1v) is 10.9. The standard InChI is InChI=1S/C16H13Cl5N3O3S/c17-5-6-25-28-9-16(26-14-3-1-10(18)7-12(14)20)22-24(23-28)27-15-4-2-11(19)8-13(15)21/h1-4,7-9,22-23H,5-6H2/q+1. The van der Waals surface area contributed by atoms with Crippen LogP contribution >= 0.6 is 69.0 Å². The van der Waals surface area contributed by atoms with Crippen LogP contribution in [0.1, 0.15) is 0 Å². The summed E-state index contributed by atoms with van der Waals surface area (Å²) < 4.78 is 14.4. The summed E-state index contributed by atoms with van der Waals surface area (Å²) in [6, 6.07) is 9.72. The molecule has 12 heteroatoms. The van der Waals surface area contributed by atoms with Crippen LogP contribution in [0.25, 0.3) is 0 Å². The number of hydrogen-bond acceptors (Lipinski definition) is 3. The highest BCUT2D eigenvalue weighted by molar-refractivity contribution is 7.19. The lowest BCUT2D eigenvalue weighted by Gasteiger charge is -2.11. The van der Waals surface area contributed by atoms with Crippen molar-refractivity contribution in [3.8, 4) is 17.4 Å². The number of H-pyrrole nitrogens is 2. The molecule has 1 aromatic heterocycles. The predicted octanol–water partition coefficient (Wildman–Crippen LogP) is 6.93. The van der Waals surface area contributed by atoms with E-state index < -0.39 is 10.9 Å². The van der Waals surface area contributed by atoms with Gasteiger partial charge >= 0.3 is 0 Å². The molecule has 0 amide bonds. The van der Waals surface area contributed by atoms with Crippen LogP contribution in [0.2, 0.25) is 20.1 Å². The van der Waals surface area contributed by atoms with Crippen LogP contribution in [-0.2, 0) is 0 Å². The number of rotatable bonds is 7. The monoisotopic (exact) mass is 502 g/mol.